The third-order valence-corrected chi connectivity index (χ3v) is 2.82. The first kappa shape index (κ1) is 9.97. The second-order valence-electron chi connectivity index (χ2n) is 3.69. The summed E-state index contributed by atoms with van der Waals surface area (Å²) >= 11 is 0. The third-order valence-electron chi connectivity index (χ3n) is 2.82. The molecule has 1 heterocycles. The van der Waals surface area contributed by atoms with Crippen molar-refractivity contribution in [3.8, 4) is 0 Å². The predicted octanol–water partition coefficient (Wildman–Crippen LogP) is 3.52. The van der Waals surface area contributed by atoms with E-state index < -0.39 is 0 Å². The number of aldehydes is 1. The molecule has 0 fully saturated rings. The summed E-state index contributed by atoms with van der Waals surface area (Å²) in [4.78, 5) is 10.6. The summed E-state index contributed by atoms with van der Waals surface area (Å²) in [5, 5.41) is 1.11. The van der Waals surface area contributed by atoms with E-state index in [2.05, 4.69) is 6.92 Å². The molecule has 2 nitrogen and oxygen atoms in total. The number of carbonyl (C=O) groups is 1. The number of hydrogen-bond donors (Lipinski definition) is 0. The molecule has 0 aliphatic carbocycles. The van der Waals surface area contributed by atoms with Gasteiger partial charge < -0.3 is 9.21 Å². The maximum absolute atomic E-state index is 10.6. The van der Waals surface area contributed by atoms with E-state index in [9.17, 15) is 4.79 Å². The Labute approximate surface area is 88.9 Å². The van der Waals surface area contributed by atoms with Crippen molar-refractivity contribution in [1.29, 1.82) is 0 Å². The monoisotopic (exact) mass is 202 g/mol. The zero-order valence-electron chi connectivity index (χ0n) is 8.77. The van der Waals surface area contributed by atoms with Crippen molar-refractivity contribution in [1.82, 2.24) is 0 Å². The minimum atomic E-state index is 0.275. The first-order chi connectivity index (χ1) is 7.36. The molecule has 1 unspecified atom stereocenters. The van der Waals surface area contributed by atoms with E-state index in [-0.39, 0.29) is 5.92 Å². The van der Waals surface area contributed by atoms with E-state index >= 15 is 0 Å². The molecule has 0 aliphatic rings. The second-order valence-corrected chi connectivity index (χ2v) is 3.69. The average molecular weight is 202 g/mol. The van der Waals surface area contributed by atoms with Crippen LogP contribution in [0.15, 0.2) is 34.9 Å². The Morgan fingerprint density at radius 2 is 2.27 bits per heavy atom. The molecule has 1 aromatic carbocycles. The molecule has 1 aromatic heterocycles. The maximum atomic E-state index is 10.6. The van der Waals surface area contributed by atoms with E-state index in [1.165, 1.54) is 0 Å². The van der Waals surface area contributed by atoms with Gasteiger partial charge in [0.15, 0.2) is 0 Å². The lowest BCUT2D eigenvalue weighted by atomic mass is 9.93. The zero-order chi connectivity index (χ0) is 10.7. The summed E-state index contributed by atoms with van der Waals surface area (Å²) in [6.45, 7) is 2.09. The molecule has 78 valence electrons. The Balaban J connectivity index is 2.48. The molecule has 0 N–H and O–H groups in total. The number of para-hydroxylation sites is 1. The van der Waals surface area contributed by atoms with E-state index in [0.717, 1.165) is 29.2 Å². The smallest absolute Gasteiger partial charge is 0.137 e. The number of furan rings is 1. The van der Waals surface area contributed by atoms with Crippen LogP contribution in [-0.4, -0.2) is 6.29 Å². The quantitative estimate of drug-likeness (QED) is 0.710. The van der Waals surface area contributed by atoms with E-state index in [1.54, 1.807) is 6.26 Å². The van der Waals surface area contributed by atoms with Gasteiger partial charge in [0.1, 0.15) is 11.9 Å². The number of hydrogen-bond acceptors (Lipinski definition) is 2. The molecule has 2 heteroatoms. The Hall–Kier alpha value is -1.57. The number of fused-ring (bicyclic) bond motifs is 1. The van der Waals surface area contributed by atoms with Gasteiger partial charge in [-0.3, -0.25) is 0 Å². The summed E-state index contributed by atoms with van der Waals surface area (Å²) in [6.07, 6.45) is 4.20. The van der Waals surface area contributed by atoms with E-state index in [4.69, 9.17) is 4.42 Å². The van der Waals surface area contributed by atoms with Crippen molar-refractivity contribution in [2.45, 2.75) is 25.7 Å². The van der Waals surface area contributed by atoms with Crippen molar-refractivity contribution in [2.24, 2.45) is 0 Å². The van der Waals surface area contributed by atoms with E-state index in [1.807, 2.05) is 24.3 Å². The molecule has 15 heavy (non-hydrogen) atoms. The second kappa shape index (κ2) is 4.30. The molecule has 2 rings (SSSR count). The standard InChI is InChI=1S/C13H14O2/c1-2-10(6-8-14)12-5-3-4-11-7-9-15-13(11)12/h3-5,7-10H,2,6H2,1H3. The van der Waals surface area contributed by atoms with Gasteiger partial charge in [0.2, 0.25) is 0 Å². The number of benzene rings is 1. The van der Waals surface area contributed by atoms with Gasteiger partial charge in [0.05, 0.1) is 6.26 Å². The van der Waals surface area contributed by atoms with Crippen LogP contribution in [0.3, 0.4) is 0 Å². The minimum Gasteiger partial charge on any atom is -0.464 e. The summed E-state index contributed by atoms with van der Waals surface area (Å²) in [6, 6.07) is 8.03. The van der Waals surface area contributed by atoms with Gasteiger partial charge in [-0.05, 0) is 24.0 Å². The van der Waals surface area contributed by atoms with Gasteiger partial charge >= 0.3 is 0 Å². The van der Waals surface area contributed by atoms with Gasteiger partial charge in [0.25, 0.3) is 0 Å². The van der Waals surface area contributed by atoms with Crippen molar-refractivity contribution < 1.29 is 9.21 Å². The lowest BCUT2D eigenvalue weighted by Crippen LogP contribution is -1.98. The first-order valence-electron chi connectivity index (χ1n) is 5.26. The van der Waals surface area contributed by atoms with Crippen LogP contribution < -0.4 is 0 Å². The summed E-state index contributed by atoms with van der Waals surface area (Å²) in [7, 11) is 0. The van der Waals surface area contributed by atoms with Crippen molar-refractivity contribution in [2.75, 3.05) is 0 Å². The van der Waals surface area contributed by atoms with Crippen LogP contribution >= 0.6 is 0 Å². The van der Waals surface area contributed by atoms with Crippen LogP contribution in [0.5, 0.6) is 0 Å². The van der Waals surface area contributed by atoms with Crippen LogP contribution in [0, 0.1) is 0 Å². The van der Waals surface area contributed by atoms with Crippen LogP contribution in [0.1, 0.15) is 31.2 Å². The fourth-order valence-electron chi connectivity index (χ4n) is 1.97. The lowest BCUT2D eigenvalue weighted by molar-refractivity contribution is -0.108. The highest BCUT2D eigenvalue weighted by molar-refractivity contribution is 5.81. The lowest BCUT2D eigenvalue weighted by Gasteiger charge is -2.11. The van der Waals surface area contributed by atoms with Gasteiger partial charge in [-0.25, -0.2) is 0 Å². The molecular formula is C13H14O2. The normalized spacial score (nSPS) is 12.9. The van der Waals surface area contributed by atoms with Gasteiger partial charge in [-0.2, -0.15) is 0 Å². The SMILES string of the molecule is CCC(CC=O)c1cccc2ccoc12. The van der Waals surface area contributed by atoms with Crippen molar-refractivity contribution >= 4 is 17.3 Å². The van der Waals surface area contributed by atoms with Crippen LogP contribution in [0.4, 0.5) is 0 Å². The predicted molar refractivity (Wildman–Crippen MR) is 59.9 cm³/mol. The average Bonchev–Trinajstić information content (AvgIpc) is 2.73. The fourth-order valence-corrected chi connectivity index (χ4v) is 1.97. The topological polar surface area (TPSA) is 30.2 Å². The van der Waals surface area contributed by atoms with Gasteiger partial charge in [-0.15, -0.1) is 0 Å². The molecule has 0 aliphatic heterocycles. The zero-order valence-corrected chi connectivity index (χ0v) is 8.77. The minimum absolute atomic E-state index is 0.275. The molecule has 1 atom stereocenters. The Kier molecular flexibility index (Phi) is 2.86. The largest absolute Gasteiger partial charge is 0.464 e. The van der Waals surface area contributed by atoms with Crippen LogP contribution in [0.25, 0.3) is 11.0 Å². The summed E-state index contributed by atoms with van der Waals surface area (Å²) < 4.78 is 5.46. The highest BCUT2D eigenvalue weighted by Gasteiger charge is 2.13. The van der Waals surface area contributed by atoms with Gasteiger partial charge in [-0.1, -0.05) is 25.1 Å². The van der Waals surface area contributed by atoms with Gasteiger partial charge in [0, 0.05) is 11.8 Å². The van der Waals surface area contributed by atoms with Crippen LogP contribution in [0.2, 0.25) is 0 Å². The van der Waals surface area contributed by atoms with Crippen molar-refractivity contribution in [3.05, 3.63) is 36.1 Å². The Morgan fingerprint density at radius 1 is 1.40 bits per heavy atom. The summed E-state index contributed by atoms with van der Waals surface area (Å²) in [5.41, 5.74) is 2.07. The Morgan fingerprint density at radius 3 is 3.00 bits per heavy atom. The number of rotatable bonds is 4. The molecule has 0 amide bonds. The molecule has 0 bridgehead atoms. The first-order valence-corrected chi connectivity index (χ1v) is 5.26. The summed E-state index contributed by atoms with van der Waals surface area (Å²) in [5.74, 6) is 0.275. The number of carbonyl (C=O) groups excluding carboxylic acids is 1. The van der Waals surface area contributed by atoms with E-state index in [0.29, 0.717) is 6.42 Å². The fraction of sp³-hybridized carbons (Fsp3) is 0.308. The molecule has 2 aromatic rings. The van der Waals surface area contributed by atoms with Crippen LogP contribution in [-0.2, 0) is 4.79 Å². The molecule has 0 radical (unpaired) electrons. The Bertz CT molecular complexity index is 456. The molecule has 0 saturated heterocycles. The highest BCUT2D eigenvalue weighted by Crippen LogP contribution is 2.30. The van der Waals surface area contributed by atoms with Crippen molar-refractivity contribution in [3.63, 3.8) is 0 Å². The molecule has 0 spiro atoms. The molecule has 0 saturated carbocycles. The third kappa shape index (κ3) is 1.80. The maximum Gasteiger partial charge on any atom is 0.137 e. The molecular weight excluding hydrogens is 188 g/mol. The highest BCUT2D eigenvalue weighted by atomic mass is 16.3.